The minimum absolute atomic E-state index is 0.569. The van der Waals surface area contributed by atoms with Crippen LogP contribution in [-0.2, 0) is 14.2 Å². The summed E-state index contributed by atoms with van der Waals surface area (Å²) in [6.45, 7) is 6.48. The molecular weight excluding hydrogens is 214 g/mol. The summed E-state index contributed by atoms with van der Waals surface area (Å²) in [6.07, 6.45) is 1.05. The van der Waals surface area contributed by atoms with Crippen LogP contribution < -0.4 is 0 Å². The number of hydrogen-bond donors (Lipinski definition) is 0. The molecule has 5 heteroatoms. The smallest absolute Gasteiger partial charge is 0.0727 e. The molecule has 0 aliphatic heterocycles. The molecule has 0 amide bonds. The Bertz CT molecular complexity index is 172. The SMILES string of the molecule is CCCOCCOCCOCCN=C=S. The second kappa shape index (κ2) is 13.7. The van der Waals surface area contributed by atoms with Crippen molar-refractivity contribution >= 4 is 17.4 Å². The van der Waals surface area contributed by atoms with E-state index >= 15 is 0 Å². The van der Waals surface area contributed by atoms with E-state index in [0.29, 0.717) is 39.6 Å². The lowest BCUT2D eigenvalue weighted by Crippen LogP contribution is -2.10. The highest BCUT2D eigenvalue weighted by atomic mass is 32.1. The number of ether oxygens (including phenoxy) is 3. The van der Waals surface area contributed by atoms with Gasteiger partial charge in [-0.3, -0.25) is 0 Å². The van der Waals surface area contributed by atoms with E-state index in [2.05, 4.69) is 29.3 Å². The van der Waals surface area contributed by atoms with Crippen LogP contribution in [0.2, 0.25) is 0 Å². The third-order valence-electron chi connectivity index (χ3n) is 1.50. The molecule has 0 unspecified atom stereocenters. The third kappa shape index (κ3) is 13.7. The maximum Gasteiger partial charge on any atom is 0.0727 e. The Morgan fingerprint density at radius 2 is 1.47 bits per heavy atom. The van der Waals surface area contributed by atoms with Crippen molar-refractivity contribution < 1.29 is 14.2 Å². The molecule has 0 radical (unpaired) electrons. The lowest BCUT2D eigenvalue weighted by molar-refractivity contribution is 0.0162. The van der Waals surface area contributed by atoms with E-state index in [9.17, 15) is 0 Å². The van der Waals surface area contributed by atoms with E-state index in [1.54, 1.807) is 0 Å². The first-order valence-electron chi connectivity index (χ1n) is 5.18. The molecule has 0 aromatic rings. The van der Waals surface area contributed by atoms with Crippen LogP contribution >= 0.6 is 12.2 Å². The van der Waals surface area contributed by atoms with Crippen LogP contribution in [0.15, 0.2) is 4.99 Å². The molecule has 0 heterocycles. The highest BCUT2D eigenvalue weighted by Crippen LogP contribution is 1.83. The van der Waals surface area contributed by atoms with Gasteiger partial charge in [-0.2, -0.15) is 0 Å². The van der Waals surface area contributed by atoms with Crippen molar-refractivity contribution in [3.63, 3.8) is 0 Å². The minimum atomic E-state index is 0.569. The Hall–Kier alpha value is -0.320. The van der Waals surface area contributed by atoms with Gasteiger partial charge in [0.1, 0.15) is 0 Å². The summed E-state index contributed by atoms with van der Waals surface area (Å²) >= 11 is 4.41. The zero-order valence-electron chi connectivity index (χ0n) is 9.24. The van der Waals surface area contributed by atoms with Crippen molar-refractivity contribution in [2.24, 2.45) is 4.99 Å². The molecule has 4 nitrogen and oxygen atoms in total. The van der Waals surface area contributed by atoms with Gasteiger partial charge in [-0.25, -0.2) is 4.99 Å². The molecule has 0 atom stereocenters. The monoisotopic (exact) mass is 233 g/mol. The van der Waals surface area contributed by atoms with Gasteiger partial charge in [0, 0.05) is 6.61 Å². The van der Waals surface area contributed by atoms with Crippen molar-refractivity contribution in [2.75, 3.05) is 46.2 Å². The van der Waals surface area contributed by atoms with Crippen LogP contribution in [0.1, 0.15) is 13.3 Å². The Balaban J connectivity index is 2.89. The van der Waals surface area contributed by atoms with E-state index in [0.717, 1.165) is 13.0 Å². The first-order valence-corrected chi connectivity index (χ1v) is 5.59. The molecule has 0 spiro atoms. The summed E-state index contributed by atoms with van der Waals surface area (Å²) < 4.78 is 15.7. The molecule has 0 aromatic heterocycles. The molecule has 0 aliphatic carbocycles. The first-order chi connectivity index (χ1) is 7.41. The number of rotatable bonds is 11. The topological polar surface area (TPSA) is 40.0 Å². The standard InChI is InChI=1S/C10H19NO3S/c1-2-4-12-6-8-14-9-7-13-5-3-11-10-15/h2-9H2,1H3. The summed E-state index contributed by atoms with van der Waals surface area (Å²) in [7, 11) is 0. The van der Waals surface area contributed by atoms with Gasteiger partial charge >= 0.3 is 0 Å². The predicted octanol–water partition coefficient (Wildman–Crippen LogP) is 1.55. The molecule has 88 valence electrons. The predicted molar refractivity (Wildman–Crippen MR) is 62.6 cm³/mol. The number of isothiocyanates is 1. The van der Waals surface area contributed by atoms with E-state index in [1.165, 1.54) is 0 Å². The van der Waals surface area contributed by atoms with Gasteiger partial charge in [-0.15, -0.1) is 0 Å². The van der Waals surface area contributed by atoms with E-state index in [4.69, 9.17) is 14.2 Å². The maximum atomic E-state index is 5.27. The Morgan fingerprint density at radius 3 is 2.00 bits per heavy atom. The third-order valence-corrected chi connectivity index (χ3v) is 1.63. The van der Waals surface area contributed by atoms with Crippen molar-refractivity contribution in [3.05, 3.63) is 0 Å². The average Bonchev–Trinajstić information content (AvgIpc) is 2.26. The molecule has 0 rings (SSSR count). The van der Waals surface area contributed by atoms with Crippen molar-refractivity contribution in [1.82, 2.24) is 0 Å². The molecule has 0 aliphatic rings. The summed E-state index contributed by atoms with van der Waals surface area (Å²) in [5.74, 6) is 0. The highest BCUT2D eigenvalue weighted by Gasteiger charge is 1.90. The molecule has 0 aromatic carbocycles. The molecule has 0 fully saturated rings. The van der Waals surface area contributed by atoms with Gasteiger partial charge in [0.15, 0.2) is 0 Å². The van der Waals surface area contributed by atoms with Crippen molar-refractivity contribution in [3.8, 4) is 0 Å². The Kier molecular flexibility index (Phi) is 13.4. The molecule has 0 saturated heterocycles. The quantitative estimate of drug-likeness (QED) is 0.308. The van der Waals surface area contributed by atoms with Crippen molar-refractivity contribution in [1.29, 1.82) is 0 Å². The summed E-state index contributed by atoms with van der Waals surface area (Å²) in [6, 6.07) is 0. The fourth-order valence-corrected chi connectivity index (χ4v) is 0.933. The lowest BCUT2D eigenvalue weighted by Gasteiger charge is -2.05. The van der Waals surface area contributed by atoms with Crippen LogP contribution in [-0.4, -0.2) is 51.3 Å². The molecule has 0 saturated carbocycles. The van der Waals surface area contributed by atoms with E-state index in [-0.39, 0.29) is 0 Å². The summed E-state index contributed by atoms with van der Waals surface area (Å²) in [5.41, 5.74) is 0. The van der Waals surface area contributed by atoms with Gasteiger partial charge in [-0.05, 0) is 18.6 Å². The number of hydrogen-bond acceptors (Lipinski definition) is 5. The molecular formula is C10H19NO3S. The number of thiocarbonyl (C=S) groups is 1. The second-order valence-electron chi connectivity index (χ2n) is 2.81. The average molecular weight is 233 g/mol. The van der Waals surface area contributed by atoms with Crippen LogP contribution in [0.4, 0.5) is 0 Å². The zero-order valence-corrected chi connectivity index (χ0v) is 10.1. The molecule has 0 N–H and O–H groups in total. The maximum absolute atomic E-state index is 5.27. The van der Waals surface area contributed by atoms with Crippen LogP contribution in [0.3, 0.4) is 0 Å². The second-order valence-corrected chi connectivity index (χ2v) is 2.99. The van der Waals surface area contributed by atoms with Gasteiger partial charge in [0.25, 0.3) is 0 Å². The van der Waals surface area contributed by atoms with Crippen LogP contribution in [0, 0.1) is 0 Å². The number of nitrogens with zero attached hydrogens (tertiary/aromatic N) is 1. The van der Waals surface area contributed by atoms with Gasteiger partial charge in [0.05, 0.1) is 44.7 Å². The minimum Gasteiger partial charge on any atom is -0.379 e. The normalized spacial score (nSPS) is 9.93. The molecule has 0 bridgehead atoms. The van der Waals surface area contributed by atoms with Crippen LogP contribution in [0.25, 0.3) is 0 Å². The number of aliphatic imine (C=N–C) groups is 1. The largest absolute Gasteiger partial charge is 0.379 e. The Labute approximate surface area is 96.6 Å². The fourth-order valence-electron chi connectivity index (χ4n) is 0.842. The highest BCUT2D eigenvalue weighted by molar-refractivity contribution is 7.78. The van der Waals surface area contributed by atoms with Crippen molar-refractivity contribution in [2.45, 2.75) is 13.3 Å². The lowest BCUT2D eigenvalue weighted by atomic mass is 10.5. The first kappa shape index (κ1) is 14.7. The van der Waals surface area contributed by atoms with Gasteiger partial charge in [-0.1, -0.05) is 6.92 Å². The zero-order chi connectivity index (χ0) is 11.2. The van der Waals surface area contributed by atoms with E-state index in [1.807, 2.05) is 0 Å². The fraction of sp³-hybridized carbons (Fsp3) is 0.900. The summed E-state index contributed by atoms with van der Waals surface area (Å²) in [4.78, 5) is 3.72. The molecule has 15 heavy (non-hydrogen) atoms. The van der Waals surface area contributed by atoms with E-state index < -0.39 is 0 Å². The van der Waals surface area contributed by atoms with Gasteiger partial charge in [0.2, 0.25) is 0 Å². The Morgan fingerprint density at radius 1 is 0.933 bits per heavy atom. The van der Waals surface area contributed by atoms with Crippen LogP contribution in [0.5, 0.6) is 0 Å². The summed E-state index contributed by atoms with van der Waals surface area (Å²) in [5, 5.41) is 2.28. The van der Waals surface area contributed by atoms with Gasteiger partial charge < -0.3 is 14.2 Å².